The molecule has 3 N–H and O–H groups in total. The Balaban J connectivity index is 2.62. The number of hydrogen-bond acceptors (Lipinski definition) is 4. The molecule has 84 valence electrons. The molecule has 1 fully saturated rings. The van der Waals surface area contributed by atoms with E-state index in [1.807, 2.05) is 20.8 Å². The SMILES string of the molecule is CC(C)(C)OC(=O)N1CC(=N)/C(=C\N)C1. The minimum atomic E-state index is -0.505. The number of carbonyl (C=O) groups is 1. The number of likely N-dealkylation sites (tertiary alicyclic amines) is 1. The average Bonchev–Trinajstić information content (AvgIpc) is 2.43. The monoisotopic (exact) mass is 211 g/mol. The molecule has 0 aliphatic carbocycles. The summed E-state index contributed by atoms with van der Waals surface area (Å²) in [5, 5.41) is 7.56. The Kier molecular flexibility index (Phi) is 3.02. The van der Waals surface area contributed by atoms with Gasteiger partial charge in [-0.25, -0.2) is 4.79 Å². The van der Waals surface area contributed by atoms with Gasteiger partial charge in [-0.2, -0.15) is 0 Å². The third-order valence-corrected chi connectivity index (χ3v) is 1.95. The van der Waals surface area contributed by atoms with Crippen LogP contribution < -0.4 is 5.73 Å². The first-order chi connectivity index (χ1) is 6.83. The lowest BCUT2D eigenvalue weighted by atomic mass is 10.2. The van der Waals surface area contributed by atoms with Crippen LogP contribution in [0.4, 0.5) is 4.79 Å². The molecule has 1 saturated heterocycles. The zero-order valence-corrected chi connectivity index (χ0v) is 9.33. The van der Waals surface area contributed by atoms with Crippen molar-refractivity contribution in [1.82, 2.24) is 4.90 Å². The quantitative estimate of drug-likeness (QED) is 0.629. The van der Waals surface area contributed by atoms with E-state index in [4.69, 9.17) is 15.9 Å². The Hall–Kier alpha value is -1.52. The lowest BCUT2D eigenvalue weighted by Crippen LogP contribution is -2.35. The summed E-state index contributed by atoms with van der Waals surface area (Å²) >= 11 is 0. The Morgan fingerprint density at radius 1 is 1.53 bits per heavy atom. The highest BCUT2D eigenvalue weighted by Crippen LogP contribution is 2.15. The summed E-state index contributed by atoms with van der Waals surface area (Å²) in [6.07, 6.45) is 0.969. The molecule has 0 bridgehead atoms. The fourth-order valence-corrected chi connectivity index (χ4v) is 1.26. The maximum Gasteiger partial charge on any atom is 0.410 e. The molecule has 0 aromatic heterocycles. The second kappa shape index (κ2) is 3.92. The number of rotatable bonds is 0. The molecule has 1 aliphatic rings. The van der Waals surface area contributed by atoms with E-state index in [1.54, 1.807) is 0 Å². The van der Waals surface area contributed by atoms with E-state index in [9.17, 15) is 4.79 Å². The molecule has 0 unspecified atom stereocenters. The molecule has 0 spiro atoms. The van der Waals surface area contributed by atoms with Gasteiger partial charge >= 0.3 is 6.09 Å². The molecule has 0 aromatic carbocycles. The number of nitrogens with zero attached hydrogens (tertiary/aromatic N) is 1. The molecule has 1 rings (SSSR count). The standard InChI is InChI=1S/C10H17N3O2/c1-10(2,3)15-9(14)13-5-7(4-11)8(12)6-13/h4,12H,5-6,11H2,1-3H3/b7-4-,12-8?. The smallest absolute Gasteiger partial charge is 0.410 e. The van der Waals surface area contributed by atoms with Crippen molar-refractivity contribution in [3.63, 3.8) is 0 Å². The van der Waals surface area contributed by atoms with Crippen LogP contribution in [0.2, 0.25) is 0 Å². The van der Waals surface area contributed by atoms with Gasteiger partial charge in [0.15, 0.2) is 0 Å². The van der Waals surface area contributed by atoms with Crippen molar-refractivity contribution in [2.45, 2.75) is 26.4 Å². The summed E-state index contributed by atoms with van der Waals surface area (Å²) in [5.74, 6) is 0. The molecule has 1 heterocycles. The van der Waals surface area contributed by atoms with Gasteiger partial charge in [0.2, 0.25) is 0 Å². The van der Waals surface area contributed by atoms with Gasteiger partial charge in [0.05, 0.1) is 18.8 Å². The van der Waals surface area contributed by atoms with E-state index < -0.39 is 11.7 Å². The van der Waals surface area contributed by atoms with Gasteiger partial charge in [-0.3, -0.25) is 4.90 Å². The molecule has 1 amide bonds. The lowest BCUT2D eigenvalue weighted by Gasteiger charge is -2.23. The Labute approximate surface area is 89.4 Å². The van der Waals surface area contributed by atoms with Gasteiger partial charge in [-0.15, -0.1) is 0 Å². The number of carbonyl (C=O) groups excluding carboxylic acids is 1. The van der Waals surface area contributed by atoms with Gasteiger partial charge in [0.25, 0.3) is 0 Å². The van der Waals surface area contributed by atoms with E-state index in [2.05, 4.69) is 0 Å². The van der Waals surface area contributed by atoms with Crippen LogP contribution in [0.15, 0.2) is 11.8 Å². The second-order valence-electron chi connectivity index (χ2n) is 4.51. The van der Waals surface area contributed by atoms with Crippen LogP contribution >= 0.6 is 0 Å². The number of nitrogens with one attached hydrogen (secondary N) is 1. The number of amides is 1. The van der Waals surface area contributed by atoms with Crippen molar-refractivity contribution in [2.75, 3.05) is 13.1 Å². The topological polar surface area (TPSA) is 79.4 Å². The van der Waals surface area contributed by atoms with Crippen LogP contribution in [0.3, 0.4) is 0 Å². The van der Waals surface area contributed by atoms with Gasteiger partial charge in [0.1, 0.15) is 5.60 Å². The van der Waals surface area contributed by atoms with Crippen molar-refractivity contribution in [3.8, 4) is 0 Å². The van der Waals surface area contributed by atoms with Gasteiger partial charge in [0, 0.05) is 11.8 Å². The third kappa shape index (κ3) is 2.97. The van der Waals surface area contributed by atoms with E-state index in [0.29, 0.717) is 17.8 Å². The Bertz CT molecular complexity index is 315. The second-order valence-corrected chi connectivity index (χ2v) is 4.51. The number of hydrogen-bond donors (Lipinski definition) is 2. The molecule has 0 saturated carbocycles. The lowest BCUT2D eigenvalue weighted by molar-refractivity contribution is 0.0309. The van der Waals surface area contributed by atoms with Crippen molar-refractivity contribution in [2.24, 2.45) is 5.73 Å². The van der Waals surface area contributed by atoms with Crippen molar-refractivity contribution in [1.29, 1.82) is 5.41 Å². The summed E-state index contributed by atoms with van der Waals surface area (Å²) in [5.41, 5.74) is 5.89. The van der Waals surface area contributed by atoms with Gasteiger partial charge in [-0.05, 0) is 20.8 Å². The maximum atomic E-state index is 11.6. The largest absolute Gasteiger partial charge is 0.444 e. The first-order valence-corrected chi connectivity index (χ1v) is 4.80. The van der Waals surface area contributed by atoms with Gasteiger partial charge < -0.3 is 15.9 Å². The van der Waals surface area contributed by atoms with Crippen LogP contribution in [0.5, 0.6) is 0 Å². The zero-order chi connectivity index (χ0) is 11.6. The number of nitrogens with two attached hydrogens (primary N) is 1. The normalized spacial score (nSPS) is 19.8. The summed E-state index contributed by atoms with van der Waals surface area (Å²) in [7, 11) is 0. The maximum absolute atomic E-state index is 11.6. The van der Waals surface area contributed by atoms with Crippen molar-refractivity contribution >= 4 is 11.8 Å². The van der Waals surface area contributed by atoms with Crippen LogP contribution in [-0.2, 0) is 4.74 Å². The minimum Gasteiger partial charge on any atom is -0.444 e. The first-order valence-electron chi connectivity index (χ1n) is 4.80. The predicted molar refractivity (Wildman–Crippen MR) is 57.8 cm³/mol. The summed E-state index contributed by atoms with van der Waals surface area (Å²) in [6.45, 7) is 6.08. The predicted octanol–water partition coefficient (Wildman–Crippen LogP) is 1.10. The number of ether oxygens (including phenoxy) is 1. The fourth-order valence-electron chi connectivity index (χ4n) is 1.26. The van der Waals surface area contributed by atoms with E-state index in [0.717, 1.165) is 0 Å². The van der Waals surface area contributed by atoms with E-state index in [1.165, 1.54) is 11.1 Å². The van der Waals surface area contributed by atoms with Crippen LogP contribution in [0.25, 0.3) is 0 Å². The average molecular weight is 211 g/mol. The zero-order valence-electron chi connectivity index (χ0n) is 9.33. The molecule has 5 heteroatoms. The molecule has 5 nitrogen and oxygen atoms in total. The van der Waals surface area contributed by atoms with Crippen LogP contribution in [0.1, 0.15) is 20.8 Å². The molecule has 15 heavy (non-hydrogen) atoms. The highest BCUT2D eigenvalue weighted by molar-refractivity contribution is 6.03. The van der Waals surface area contributed by atoms with Crippen LogP contribution in [0, 0.1) is 5.41 Å². The molecular weight excluding hydrogens is 194 g/mol. The third-order valence-electron chi connectivity index (χ3n) is 1.95. The van der Waals surface area contributed by atoms with Crippen molar-refractivity contribution in [3.05, 3.63) is 11.8 Å². The molecule has 0 atom stereocenters. The van der Waals surface area contributed by atoms with E-state index >= 15 is 0 Å². The molecule has 1 aliphatic heterocycles. The highest BCUT2D eigenvalue weighted by Gasteiger charge is 2.29. The first kappa shape index (κ1) is 11.6. The van der Waals surface area contributed by atoms with Crippen LogP contribution in [-0.4, -0.2) is 35.4 Å². The fraction of sp³-hybridized carbons (Fsp3) is 0.600. The van der Waals surface area contributed by atoms with Crippen molar-refractivity contribution < 1.29 is 9.53 Å². The summed E-state index contributed by atoms with van der Waals surface area (Å²) in [4.78, 5) is 13.1. The Morgan fingerprint density at radius 2 is 2.13 bits per heavy atom. The van der Waals surface area contributed by atoms with E-state index in [-0.39, 0.29) is 6.54 Å². The summed E-state index contributed by atoms with van der Waals surface area (Å²) < 4.78 is 5.19. The molecule has 0 aromatic rings. The minimum absolute atomic E-state index is 0.276. The summed E-state index contributed by atoms with van der Waals surface area (Å²) in [6, 6.07) is 0. The highest BCUT2D eigenvalue weighted by atomic mass is 16.6. The van der Waals surface area contributed by atoms with Gasteiger partial charge in [-0.1, -0.05) is 0 Å². The Morgan fingerprint density at radius 3 is 2.53 bits per heavy atom. The molecular formula is C10H17N3O2. The molecule has 0 radical (unpaired) electrons.